The Morgan fingerprint density at radius 1 is 1.37 bits per heavy atom. The first-order valence-electron chi connectivity index (χ1n) is 8.90. The van der Waals surface area contributed by atoms with E-state index in [1.807, 2.05) is 0 Å². The van der Waals surface area contributed by atoms with Crippen molar-refractivity contribution in [3.05, 3.63) is 52.1 Å². The van der Waals surface area contributed by atoms with Crippen LogP contribution in [0.1, 0.15) is 29.9 Å². The van der Waals surface area contributed by atoms with Gasteiger partial charge in [-0.05, 0) is 30.7 Å². The molecule has 1 aliphatic rings. The van der Waals surface area contributed by atoms with E-state index in [1.54, 1.807) is 0 Å². The molecule has 7 nitrogen and oxygen atoms in total. The minimum atomic E-state index is -4.69. The van der Waals surface area contributed by atoms with E-state index in [0.29, 0.717) is 0 Å². The molecule has 0 saturated carbocycles. The molecule has 30 heavy (non-hydrogen) atoms. The molecular formula is C18H18ClF4N5O2. The van der Waals surface area contributed by atoms with Gasteiger partial charge in [-0.1, -0.05) is 17.7 Å². The van der Waals surface area contributed by atoms with E-state index in [2.05, 4.69) is 15.7 Å². The first-order valence-corrected chi connectivity index (χ1v) is 9.27. The van der Waals surface area contributed by atoms with Crippen LogP contribution in [-0.4, -0.2) is 45.8 Å². The number of rotatable bonds is 3. The summed E-state index contributed by atoms with van der Waals surface area (Å²) >= 11 is 5.84. The number of alkyl halides is 3. The van der Waals surface area contributed by atoms with Crippen LogP contribution in [0.2, 0.25) is 5.02 Å². The number of piperazine rings is 1. The normalized spacial score (nSPS) is 18.2. The second-order valence-electron chi connectivity index (χ2n) is 6.79. The second kappa shape index (κ2) is 8.13. The number of hydrogen-bond acceptors (Lipinski definition) is 3. The lowest BCUT2D eigenvalue weighted by Crippen LogP contribution is -2.58. The van der Waals surface area contributed by atoms with Crippen molar-refractivity contribution in [3.8, 4) is 0 Å². The quantitative estimate of drug-likeness (QED) is 0.710. The van der Waals surface area contributed by atoms with Crippen LogP contribution in [0.15, 0.2) is 24.3 Å². The largest absolute Gasteiger partial charge is 0.435 e. The SMILES string of the molecule is C[C@@H]1C(=O)NCCN1C(=O)N[C@@H](c1ccc(F)c(Cl)c1)c1cc(C(F)(F)F)nn1C. The van der Waals surface area contributed by atoms with Gasteiger partial charge in [-0.3, -0.25) is 9.48 Å². The van der Waals surface area contributed by atoms with E-state index >= 15 is 0 Å². The van der Waals surface area contributed by atoms with Crippen molar-refractivity contribution in [3.63, 3.8) is 0 Å². The molecule has 2 heterocycles. The van der Waals surface area contributed by atoms with Crippen molar-refractivity contribution >= 4 is 23.5 Å². The van der Waals surface area contributed by atoms with Gasteiger partial charge in [0.05, 0.1) is 16.8 Å². The first kappa shape index (κ1) is 21.9. The Kier molecular flexibility index (Phi) is 5.93. The van der Waals surface area contributed by atoms with E-state index in [-0.39, 0.29) is 35.3 Å². The summed E-state index contributed by atoms with van der Waals surface area (Å²) in [7, 11) is 1.30. The molecule has 1 aliphatic heterocycles. The lowest BCUT2D eigenvalue weighted by molar-refractivity contribution is -0.141. The summed E-state index contributed by atoms with van der Waals surface area (Å²) in [6.07, 6.45) is -4.69. The number of carbonyl (C=O) groups is 2. The molecule has 0 radical (unpaired) electrons. The number of amides is 3. The summed E-state index contributed by atoms with van der Waals surface area (Å²) in [6, 6.07) is 1.81. The Bertz CT molecular complexity index is 978. The summed E-state index contributed by atoms with van der Waals surface area (Å²) in [5.41, 5.74) is -0.883. The maximum atomic E-state index is 13.6. The van der Waals surface area contributed by atoms with Gasteiger partial charge in [-0.15, -0.1) is 0 Å². The number of nitrogens with zero attached hydrogens (tertiary/aromatic N) is 3. The summed E-state index contributed by atoms with van der Waals surface area (Å²) < 4.78 is 54.0. The molecule has 0 aliphatic carbocycles. The van der Waals surface area contributed by atoms with E-state index in [0.717, 1.165) is 16.8 Å². The number of aryl methyl sites for hydroxylation is 1. The Morgan fingerprint density at radius 3 is 2.67 bits per heavy atom. The molecule has 3 rings (SSSR count). The second-order valence-corrected chi connectivity index (χ2v) is 7.20. The van der Waals surface area contributed by atoms with Gasteiger partial charge < -0.3 is 15.5 Å². The van der Waals surface area contributed by atoms with Crippen molar-refractivity contribution in [1.29, 1.82) is 0 Å². The number of halogens is 5. The molecule has 2 atom stereocenters. The van der Waals surface area contributed by atoms with Gasteiger partial charge in [0.15, 0.2) is 5.69 Å². The number of carbonyl (C=O) groups excluding carboxylic acids is 2. The Labute approximate surface area is 174 Å². The third-order valence-electron chi connectivity index (χ3n) is 4.81. The molecule has 2 N–H and O–H groups in total. The molecule has 0 spiro atoms. The first-order chi connectivity index (χ1) is 14.0. The fraction of sp³-hybridized carbons (Fsp3) is 0.389. The highest BCUT2D eigenvalue weighted by atomic mass is 35.5. The lowest BCUT2D eigenvalue weighted by Gasteiger charge is -2.34. The molecule has 0 unspecified atom stereocenters. The third kappa shape index (κ3) is 4.35. The highest BCUT2D eigenvalue weighted by Crippen LogP contribution is 2.32. The molecule has 1 aromatic heterocycles. The molecule has 1 aromatic carbocycles. The molecule has 1 saturated heterocycles. The number of hydrogen-bond donors (Lipinski definition) is 2. The van der Waals surface area contributed by atoms with E-state index in [4.69, 9.17) is 11.6 Å². The average molecular weight is 448 g/mol. The Morgan fingerprint density at radius 2 is 2.07 bits per heavy atom. The molecule has 3 amide bonds. The maximum Gasteiger partial charge on any atom is 0.435 e. The predicted molar refractivity (Wildman–Crippen MR) is 99.2 cm³/mol. The van der Waals surface area contributed by atoms with Crippen LogP contribution in [0.5, 0.6) is 0 Å². The highest BCUT2D eigenvalue weighted by Gasteiger charge is 2.37. The van der Waals surface area contributed by atoms with E-state index < -0.39 is 35.8 Å². The van der Waals surface area contributed by atoms with Crippen LogP contribution in [0, 0.1) is 5.82 Å². The maximum absolute atomic E-state index is 13.6. The zero-order valence-corrected chi connectivity index (χ0v) is 16.7. The van der Waals surface area contributed by atoms with E-state index in [1.165, 1.54) is 31.0 Å². The smallest absolute Gasteiger partial charge is 0.353 e. The van der Waals surface area contributed by atoms with Crippen LogP contribution in [0.4, 0.5) is 22.4 Å². The fourth-order valence-electron chi connectivity index (χ4n) is 3.18. The molecule has 12 heteroatoms. The number of urea groups is 1. The van der Waals surface area contributed by atoms with Gasteiger partial charge in [0.2, 0.25) is 5.91 Å². The van der Waals surface area contributed by atoms with Crippen LogP contribution < -0.4 is 10.6 Å². The van der Waals surface area contributed by atoms with Crippen LogP contribution in [0.3, 0.4) is 0 Å². The zero-order valence-electron chi connectivity index (χ0n) is 15.9. The van der Waals surface area contributed by atoms with Gasteiger partial charge in [0.25, 0.3) is 0 Å². The molecule has 0 bridgehead atoms. The van der Waals surface area contributed by atoms with Crippen molar-refractivity contribution in [2.75, 3.05) is 13.1 Å². The minimum Gasteiger partial charge on any atom is -0.353 e. The molecule has 162 valence electrons. The van der Waals surface area contributed by atoms with Crippen molar-refractivity contribution in [1.82, 2.24) is 25.3 Å². The summed E-state index contributed by atoms with van der Waals surface area (Å²) in [5.74, 6) is -1.06. The summed E-state index contributed by atoms with van der Waals surface area (Å²) in [6.45, 7) is 1.99. The van der Waals surface area contributed by atoms with Crippen LogP contribution >= 0.6 is 11.6 Å². The van der Waals surface area contributed by atoms with Gasteiger partial charge in [0.1, 0.15) is 11.9 Å². The fourth-order valence-corrected chi connectivity index (χ4v) is 3.37. The van der Waals surface area contributed by atoms with Crippen LogP contribution in [0.25, 0.3) is 0 Å². The van der Waals surface area contributed by atoms with Crippen LogP contribution in [-0.2, 0) is 18.0 Å². The van der Waals surface area contributed by atoms with Crippen molar-refractivity contribution in [2.24, 2.45) is 7.05 Å². The molecule has 2 aromatic rings. The standard InChI is InChI=1S/C18H18ClF4N5O2/c1-9-16(29)24-5-6-28(9)17(30)25-15(10-3-4-12(20)11(19)7-10)13-8-14(18(21,22)23)26-27(13)2/h3-4,7-9,15H,5-6H2,1-2H3,(H,24,29)(H,25,30)/t9-,15+/m1/s1. The Balaban J connectivity index is 2.00. The summed E-state index contributed by atoms with van der Waals surface area (Å²) in [4.78, 5) is 26.0. The minimum absolute atomic E-state index is 0.00691. The topological polar surface area (TPSA) is 79.3 Å². The number of benzene rings is 1. The van der Waals surface area contributed by atoms with Gasteiger partial charge >= 0.3 is 12.2 Å². The van der Waals surface area contributed by atoms with Crippen molar-refractivity contribution < 1.29 is 27.2 Å². The van der Waals surface area contributed by atoms with E-state index in [9.17, 15) is 27.2 Å². The Hall–Kier alpha value is -2.82. The lowest BCUT2D eigenvalue weighted by atomic mass is 10.0. The zero-order chi connectivity index (χ0) is 22.2. The average Bonchev–Trinajstić information content (AvgIpc) is 3.06. The number of aromatic nitrogens is 2. The molecule has 1 fully saturated rings. The molecular weight excluding hydrogens is 430 g/mol. The van der Waals surface area contributed by atoms with Gasteiger partial charge in [0, 0.05) is 20.1 Å². The van der Waals surface area contributed by atoms with Gasteiger partial charge in [-0.2, -0.15) is 18.3 Å². The van der Waals surface area contributed by atoms with Gasteiger partial charge in [-0.25, -0.2) is 9.18 Å². The monoisotopic (exact) mass is 447 g/mol. The predicted octanol–water partition coefficient (Wildman–Crippen LogP) is 2.85. The number of nitrogens with one attached hydrogen (secondary N) is 2. The summed E-state index contributed by atoms with van der Waals surface area (Å²) in [5, 5.41) is 8.45. The van der Waals surface area contributed by atoms with Crippen molar-refractivity contribution in [2.45, 2.75) is 25.2 Å². The third-order valence-corrected chi connectivity index (χ3v) is 5.10. The highest BCUT2D eigenvalue weighted by molar-refractivity contribution is 6.30.